The summed E-state index contributed by atoms with van der Waals surface area (Å²) in [7, 11) is 1.07. The van der Waals surface area contributed by atoms with Gasteiger partial charge in [0.15, 0.2) is 5.54 Å². The molecule has 1 heterocycles. The van der Waals surface area contributed by atoms with E-state index in [-0.39, 0.29) is 11.3 Å². The van der Waals surface area contributed by atoms with E-state index in [0.717, 1.165) is 25.3 Å². The van der Waals surface area contributed by atoms with Crippen molar-refractivity contribution in [2.45, 2.75) is 19.4 Å². The minimum absolute atomic E-state index is 0.172. The molecule has 0 spiro atoms. The Balaban J connectivity index is 2.45. The number of methoxy groups -OCH3 is 1. The van der Waals surface area contributed by atoms with Crippen molar-refractivity contribution < 1.29 is 27.6 Å². The second kappa shape index (κ2) is 6.15. The van der Waals surface area contributed by atoms with Crippen molar-refractivity contribution in [1.82, 2.24) is 10.5 Å². The minimum atomic E-state index is -1.95. The Labute approximate surface area is 130 Å². The van der Waals surface area contributed by atoms with Gasteiger partial charge in [-0.1, -0.05) is 5.16 Å². The smallest absolute Gasteiger partial charge is 0.336 e. The van der Waals surface area contributed by atoms with Crippen molar-refractivity contribution in [1.29, 1.82) is 0 Å². The predicted octanol–water partition coefficient (Wildman–Crippen LogP) is 2.08. The number of hydrogen-bond acceptors (Lipinski definition) is 5. The van der Waals surface area contributed by atoms with Crippen LogP contribution in [-0.4, -0.2) is 24.1 Å². The maximum absolute atomic E-state index is 14.1. The molecule has 0 aliphatic rings. The Morgan fingerprint density at radius 2 is 2.00 bits per heavy atom. The Bertz CT molecular complexity index is 760. The highest BCUT2D eigenvalue weighted by molar-refractivity contribution is 5.96. The van der Waals surface area contributed by atoms with Gasteiger partial charge in [0.1, 0.15) is 11.6 Å². The Hall–Kier alpha value is -2.77. The molecule has 2 aromatic rings. The zero-order chi connectivity index (χ0) is 17.2. The summed E-state index contributed by atoms with van der Waals surface area (Å²) >= 11 is 0. The van der Waals surface area contributed by atoms with Crippen molar-refractivity contribution in [3.05, 3.63) is 52.9 Å². The molecular weight excluding hydrogens is 310 g/mol. The van der Waals surface area contributed by atoms with Gasteiger partial charge in [-0.3, -0.25) is 4.79 Å². The average molecular weight is 324 g/mol. The molecule has 122 valence electrons. The SMILES string of the molecule is COC(=O)[C@@](C)(NC(=O)c1cc(C)no1)c1cc(F)ccc1F. The molecule has 0 fully saturated rings. The van der Waals surface area contributed by atoms with E-state index >= 15 is 0 Å². The minimum Gasteiger partial charge on any atom is -0.467 e. The van der Waals surface area contributed by atoms with Gasteiger partial charge in [0.05, 0.1) is 12.8 Å². The van der Waals surface area contributed by atoms with Gasteiger partial charge < -0.3 is 14.6 Å². The van der Waals surface area contributed by atoms with Gasteiger partial charge in [0, 0.05) is 11.6 Å². The summed E-state index contributed by atoms with van der Waals surface area (Å²) in [5.74, 6) is -3.59. The van der Waals surface area contributed by atoms with Crippen LogP contribution in [0.15, 0.2) is 28.8 Å². The van der Waals surface area contributed by atoms with Gasteiger partial charge in [0.2, 0.25) is 5.76 Å². The van der Waals surface area contributed by atoms with E-state index in [1.807, 2.05) is 0 Å². The van der Waals surface area contributed by atoms with Crippen LogP contribution in [-0.2, 0) is 15.1 Å². The molecule has 0 saturated carbocycles. The highest BCUT2D eigenvalue weighted by Crippen LogP contribution is 2.26. The number of ether oxygens (including phenoxy) is 1. The highest BCUT2D eigenvalue weighted by atomic mass is 19.1. The molecule has 1 N–H and O–H groups in total. The normalized spacial score (nSPS) is 13.3. The molecule has 0 saturated heterocycles. The number of nitrogens with zero attached hydrogens (tertiary/aromatic N) is 1. The summed E-state index contributed by atoms with van der Waals surface area (Å²) in [5.41, 5.74) is -1.86. The molecule has 1 aromatic carbocycles. The van der Waals surface area contributed by atoms with Gasteiger partial charge in [-0.05, 0) is 32.0 Å². The number of nitrogens with one attached hydrogen (secondary N) is 1. The first-order chi connectivity index (χ1) is 10.8. The van der Waals surface area contributed by atoms with Crippen LogP contribution < -0.4 is 5.32 Å². The second-order valence-corrected chi connectivity index (χ2v) is 5.03. The summed E-state index contributed by atoms with van der Waals surface area (Å²) < 4.78 is 36.9. The van der Waals surface area contributed by atoms with Crippen LogP contribution in [0, 0.1) is 18.6 Å². The zero-order valence-corrected chi connectivity index (χ0v) is 12.6. The van der Waals surface area contributed by atoms with E-state index in [2.05, 4.69) is 15.2 Å². The number of aromatic nitrogens is 1. The Morgan fingerprint density at radius 3 is 2.57 bits per heavy atom. The molecule has 2 rings (SSSR count). The summed E-state index contributed by atoms with van der Waals surface area (Å²) in [6.45, 7) is 2.81. The molecule has 1 atom stereocenters. The Kier molecular flexibility index (Phi) is 4.44. The van der Waals surface area contributed by atoms with Gasteiger partial charge in [-0.2, -0.15) is 0 Å². The molecule has 0 radical (unpaired) electrons. The van der Waals surface area contributed by atoms with Crippen molar-refractivity contribution in [3.8, 4) is 0 Å². The van der Waals surface area contributed by atoms with Crippen molar-refractivity contribution in [2.75, 3.05) is 7.11 Å². The number of halogens is 2. The first-order valence-electron chi connectivity index (χ1n) is 6.57. The molecule has 23 heavy (non-hydrogen) atoms. The number of benzene rings is 1. The highest BCUT2D eigenvalue weighted by Gasteiger charge is 2.41. The van der Waals surface area contributed by atoms with Crippen LogP contribution in [0.3, 0.4) is 0 Å². The topological polar surface area (TPSA) is 81.4 Å². The van der Waals surface area contributed by atoms with E-state index < -0.39 is 29.0 Å². The maximum atomic E-state index is 14.1. The first-order valence-corrected chi connectivity index (χ1v) is 6.57. The third-order valence-corrected chi connectivity index (χ3v) is 3.28. The van der Waals surface area contributed by atoms with Crippen molar-refractivity contribution in [2.24, 2.45) is 0 Å². The summed E-state index contributed by atoms with van der Waals surface area (Å²) in [5, 5.41) is 5.86. The molecule has 6 nitrogen and oxygen atoms in total. The third kappa shape index (κ3) is 3.20. The van der Waals surface area contributed by atoms with E-state index in [4.69, 9.17) is 4.52 Å². The fourth-order valence-electron chi connectivity index (χ4n) is 2.07. The number of carbonyl (C=O) groups excluding carboxylic acids is 2. The summed E-state index contributed by atoms with van der Waals surface area (Å²) in [6, 6.07) is 3.92. The van der Waals surface area contributed by atoms with Gasteiger partial charge >= 0.3 is 5.97 Å². The van der Waals surface area contributed by atoms with Crippen LogP contribution >= 0.6 is 0 Å². The lowest BCUT2D eigenvalue weighted by Gasteiger charge is -2.28. The molecular formula is C15H14F2N2O4. The van der Waals surface area contributed by atoms with E-state index in [1.54, 1.807) is 6.92 Å². The quantitative estimate of drug-likeness (QED) is 0.871. The van der Waals surface area contributed by atoms with Gasteiger partial charge in [-0.15, -0.1) is 0 Å². The molecule has 1 aromatic heterocycles. The number of amides is 1. The lowest BCUT2D eigenvalue weighted by molar-refractivity contribution is -0.148. The number of carbonyl (C=O) groups is 2. The monoisotopic (exact) mass is 324 g/mol. The summed E-state index contributed by atoms with van der Waals surface area (Å²) in [6.07, 6.45) is 0. The van der Waals surface area contributed by atoms with E-state index in [0.29, 0.717) is 5.69 Å². The molecule has 0 unspecified atom stereocenters. The van der Waals surface area contributed by atoms with E-state index in [9.17, 15) is 18.4 Å². The Morgan fingerprint density at radius 1 is 1.30 bits per heavy atom. The fourth-order valence-corrected chi connectivity index (χ4v) is 2.07. The lowest BCUT2D eigenvalue weighted by atomic mass is 9.91. The van der Waals surface area contributed by atoms with Crippen molar-refractivity contribution >= 4 is 11.9 Å². The molecule has 0 aliphatic heterocycles. The van der Waals surface area contributed by atoms with Gasteiger partial charge in [0.25, 0.3) is 5.91 Å². The zero-order valence-electron chi connectivity index (χ0n) is 12.6. The van der Waals surface area contributed by atoms with E-state index in [1.165, 1.54) is 13.0 Å². The first kappa shape index (κ1) is 16.6. The number of hydrogen-bond donors (Lipinski definition) is 1. The molecule has 0 bridgehead atoms. The van der Waals surface area contributed by atoms with Crippen molar-refractivity contribution in [3.63, 3.8) is 0 Å². The number of aryl methyl sites for hydroxylation is 1. The van der Waals surface area contributed by atoms with Gasteiger partial charge in [-0.25, -0.2) is 13.6 Å². The second-order valence-electron chi connectivity index (χ2n) is 5.03. The molecule has 0 aliphatic carbocycles. The maximum Gasteiger partial charge on any atom is 0.336 e. The standard InChI is InChI=1S/C15H14F2N2O4/c1-8-6-12(23-19-8)13(20)18-15(2,14(21)22-3)10-7-9(16)4-5-11(10)17/h4-7H,1-3H3,(H,18,20)/t15-/m0/s1. The van der Waals surface area contributed by atoms with Crippen LogP contribution in [0.25, 0.3) is 0 Å². The largest absolute Gasteiger partial charge is 0.467 e. The summed E-state index contributed by atoms with van der Waals surface area (Å²) in [4.78, 5) is 24.3. The third-order valence-electron chi connectivity index (χ3n) is 3.28. The average Bonchev–Trinajstić information content (AvgIpc) is 2.95. The van der Waals surface area contributed by atoms with Crippen LogP contribution in [0.2, 0.25) is 0 Å². The number of esters is 1. The lowest BCUT2D eigenvalue weighted by Crippen LogP contribution is -2.50. The molecule has 1 amide bonds. The number of rotatable bonds is 4. The van der Waals surface area contributed by atoms with Crippen LogP contribution in [0.1, 0.15) is 28.7 Å². The van der Waals surface area contributed by atoms with Crippen LogP contribution in [0.5, 0.6) is 0 Å². The predicted molar refractivity (Wildman–Crippen MR) is 74.4 cm³/mol. The fraction of sp³-hybridized carbons (Fsp3) is 0.267. The van der Waals surface area contributed by atoms with Crippen LogP contribution in [0.4, 0.5) is 8.78 Å². The molecule has 8 heteroatoms.